The number of aryl methyl sites for hydroxylation is 2. The SMILES string of the molecule is CCN1C(=O)NC(c2ccc(C)c(C)c2)C(c2nc(-c3ccc(OC)c(F)c3)no2)=C1C. The van der Waals surface area contributed by atoms with Crippen molar-refractivity contribution in [3.63, 3.8) is 0 Å². The van der Waals surface area contributed by atoms with Crippen LogP contribution in [0, 0.1) is 19.7 Å². The molecule has 1 N–H and O–H groups in total. The van der Waals surface area contributed by atoms with Crippen LogP contribution in [0.15, 0.2) is 46.6 Å². The predicted octanol–water partition coefficient (Wildman–Crippen LogP) is 5.02. The normalized spacial score (nSPS) is 16.4. The molecule has 1 aliphatic heterocycles. The third kappa shape index (κ3) is 3.72. The maximum Gasteiger partial charge on any atom is 0.322 e. The van der Waals surface area contributed by atoms with Gasteiger partial charge in [-0.2, -0.15) is 4.98 Å². The van der Waals surface area contributed by atoms with Crippen LogP contribution in [0.1, 0.15) is 42.5 Å². The summed E-state index contributed by atoms with van der Waals surface area (Å²) in [6.07, 6.45) is 0. The third-order valence-corrected chi connectivity index (χ3v) is 5.84. The highest BCUT2D eigenvalue weighted by atomic mass is 19.1. The quantitative estimate of drug-likeness (QED) is 0.608. The molecule has 0 saturated carbocycles. The molecule has 1 atom stereocenters. The standard InChI is InChI=1S/C24H25FN4O3/c1-6-29-15(4)20(21(26-24(29)30)16-8-7-13(2)14(3)11-16)23-27-22(28-32-23)17-9-10-19(31-5)18(25)12-17/h7-12,21H,6H2,1-5H3,(H,26,30). The van der Waals surface area contributed by atoms with Gasteiger partial charge in [-0.05, 0) is 62.6 Å². The number of urea groups is 1. The van der Waals surface area contributed by atoms with Crippen molar-refractivity contribution in [3.05, 3.63) is 70.5 Å². The monoisotopic (exact) mass is 436 g/mol. The van der Waals surface area contributed by atoms with Crippen LogP contribution in [0.2, 0.25) is 0 Å². The Hall–Kier alpha value is -3.68. The van der Waals surface area contributed by atoms with Crippen molar-refractivity contribution in [1.82, 2.24) is 20.4 Å². The summed E-state index contributed by atoms with van der Waals surface area (Å²) in [6.45, 7) is 8.32. The molecule has 0 bridgehead atoms. The summed E-state index contributed by atoms with van der Waals surface area (Å²) < 4.78 is 24.8. The van der Waals surface area contributed by atoms with Crippen molar-refractivity contribution in [2.24, 2.45) is 0 Å². The van der Waals surface area contributed by atoms with Crippen molar-refractivity contribution >= 4 is 11.6 Å². The number of carbonyl (C=O) groups excluding carboxylic acids is 1. The topological polar surface area (TPSA) is 80.5 Å². The van der Waals surface area contributed by atoms with E-state index in [1.165, 1.54) is 19.2 Å². The van der Waals surface area contributed by atoms with E-state index in [0.717, 1.165) is 22.4 Å². The minimum absolute atomic E-state index is 0.138. The fourth-order valence-corrected chi connectivity index (χ4v) is 3.89. The first-order valence-electron chi connectivity index (χ1n) is 10.4. The molecule has 1 unspecified atom stereocenters. The van der Waals surface area contributed by atoms with E-state index in [1.54, 1.807) is 11.0 Å². The summed E-state index contributed by atoms with van der Waals surface area (Å²) in [5.74, 6) is 0.150. The highest BCUT2D eigenvalue weighted by Gasteiger charge is 2.35. The van der Waals surface area contributed by atoms with E-state index in [4.69, 9.17) is 9.26 Å². The lowest BCUT2D eigenvalue weighted by Gasteiger charge is -2.34. The second kappa shape index (κ2) is 8.45. The van der Waals surface area contributed by atoms with Crippen LogP contribution in [0.4, 0.5) is 9.18 Å². The number of amides is 2. The van der Waals surface area contributed by atoms with Crippen molar-refractivity contribution in [1.29, 1.82) is 0 Å². The number of allylic oxidation sites excluding steroid dienone is 1. The highest BCUT2D eigenvalue weighted by Crippen LogP contribution is 2.38. The number of halogens is 1. The van der Waals surface area contributed by atoms with Gasteiger partial charge in [-0.25, -0.2) is 9.18 Å². The van der Waals surface area contributed by atoms with Crippen molar-refractivity contribution in [3.8, 4) is 17.1 Å². The van der Waals surface area contributed by atoms with Crippen molar-refractivity contribution in [2.45, 2.75) is 33.7 Å². The van der Waals surface area contributed by atoms with Gasteiger partial charge < -0.3 is 14.6 Å². The number of nitrogens with zero attached hydrogens (tertiary/aromatic N) is 3. The van der Waals surface area contributed by atoms with E-state index in [0.29, 0.717) is 17.7 Å². The molecule has 1 aliphatic rings. The van der Waals surface area contributed by atoms with Crippen LogP contribution in [-0.2, 0) is 0 Å². The van der Waals surface area contributed by atoms with Gasteiger partial charge in [-0.3, -0.25) is 4.90 Å². The smallest absolute Gasteiger partial charge is 0.322 e. The Labute approximate surface area is 185 Å². The molecule has 1 aromatic heterocycles. The van der Waals surface area contributed by atoms with Crippen LogP contribution < -0.4 is 10.1 Å². The summed E-state index contributed by atoms with van der Waals surface area (Å²) in [6, 6.07) is 9.90. The molecule has 0 aliphatic carbocycles. The molecule has 0 radical (unpaired) electrons. The van der Waals surface area contributed by atoms with E-state index in [2.05, 4.69) is 15.5 Å². The van der Waals surface area contributed by atoms with E-state index < -0.39 is 11.9 Å². The Morgan fingerprint density at radius 1 is 1.16 bits per heavy atom. The Balaban J connectivity index is 1.81. The molecule has 3 aromatic rings. The van der Waals surface area contributed by atoms with Crippen molar-refractivity contribution < 1.29 is 18.4 Å². The first-order chi connectivity index (χ1) is 15.3. The molecule has 0 saturated heterocycles. The van der Waals surface area contributed by atoms with Crippen LogP contribution >= 0.6 is 0 Å². The number of hydrogen-bond donors (Lipinski definition) is 1. The van der Waals surface area contributed by atoms with Gasteiger partial charge in [0, 0.05) is 17.8 Å². The molecular formula is C24H25FN4O3. The zero-order valence-electron chi connectivity index (χ0n) is 18.7. The zero-order chi connectivity index (χ0) is 23.0. The summed E-state index contributed by atoms with van der Waals surface area (Å²) in [7, 11) is 1.41. The third-order valence-electron chi connectivity index (χ3n) is 5.84. The number of rotatable bonds is 5. The number of aromatic nitrogens is 2. The molecule has 0 spiro atoms. The summed E-state index contributed by atoms with van der Waals surface area (Å²) >= 11 is 0. The first kappa shape index (κ1) is 21.5. The van der Waals surface area contributed by atoms with Gasteiger partial charge in [0.25, 0.3) is 5.89 Å². The van der Waals surface area contributed by atoms with Gasteiger partial charge in [0.1, 0.15) is 0 Å². The van der Waals surface area contributed by atoms with Crippen molar-refractivity contribution in [2.75, 3.05) is 13.7 Å². The molecule has 7 nitrogen and oxygen atoms in total. The second-order valence-electron chi connectivity index (χ2n) is 7.74. The van der Waals surface area contributed by atoms with Gasteiger partial charge in [0.05, 0.1) is 18.7 Å². The summed E-state index contributed by atoms with van der Waals surface area (Å²) in [5.41, 5.74) is 5.10. The fourth-order valence-electron chi connectivity index (χ4n) is 3.89. The molecule has 2 aromatic carbocycles. The number of hydrogen-bond acceptors (Lipinski definition) is 5. The molecule has 32 heavy (non-hydrogen) atoms. The van der Waals surface area contributed by atoms with Crippen LogP contribution in [0.5, 0.6) is 5.75 Å². The molecule has 0 fully saturated rings. The van der Waals surface area contributed by atoms with E-state index in [-0.39, 0.29) is 23.5 Å². The lowest BCUT2D eigenvalue weighted by Crippen LogP contribution is -2.45. The average Bonchev–Trinajstić information content (AvgIpc) is 3.25. The molecule has 8 heteroatoms. The highest BCUT2D eigenvalue weighted by molar-refractivity contribution is 5.86. The number of nitrogens with one attached hydrogen (secondary N) is 1. The van der Waals surface area contributed by atoms with E-state index in [1.807, 2.05) is 45.9 Å². The first-order valence-corrected chi connectivity index (χ1v) is 10.4. The minimum Gasteiger partial charge on any atom is -0.494 e. The second-order valence-corrected chi connectivity index (χ2v) is 7.74. The minimum atomic E-state index is -0.512. The van der Waals surface area contributed by atoms with Crippen LogP contribution in [0.3, 0.4) is 0 Å². The Morgan fingerprint density at radius 3 is 2.59 bits per heavy atom. The van der Waals surface area contributed by atoms with E-state index in [9.17, 15) is 9.18 Å². The number of benzene rings is 2. The zero-order valence-corrected chi connectivity index (χ0v) is 18.7. The largest absolute Gasteiger partial charge is 0.494 e. The molecule has 166 valence electrons. The molecule has 2 amide bonds. The Bertz CT molecular complexity index is 1220. The number of ether oxygens (including phenoxy) is 1. The molecule has 4 rings (SSSR count). The lowest BCUT2D eigenvalue weighted by molar-refractivity contribution is 0.207. The number of methoxy groups -OCH3 is 1. The van der Waals surface area contributed by atoms with Gasteiger partial charge >= 0.3 is 6.03 Å². The lowest BCUT2D eigenvalue weighted by atomic mass is 9.92. The fraction of sp³-hybridized carbons (Fsp3) is 0.292. The summed E-state index contributed by atoms with van der Waals surface area (Å²) in [5, 5.41) is 7.12. The predicted molar refractivity (Wildman–Crippen MR) is 118 cm³/mol. The molecular weight excluding hydrogens is 411 g/mol. The molecule has 2 heterocycles. The average molecular weight is 436 g/mol. The maximum absolute atomic E-state index is 14.2. The van der Waals surface area contributed by atoms with E-state index >= 15 is 0 Å². The summed E-state index contributed by atoms with van der Waals surface area (Å²) in [4.78, 5) is 18.9. The Morgan fingerprint density at radius 2 is 1.94 bits per heavy atom. The van der Waals surface area contributed by atoms with Crippen LogP contribution in [0.25, 0.3) is 17.0 Å². The van der Waals surface area contributed by atoms with Crippen LogP contribution in [-0.4, -0.2) is 34.7 Å². The maximum atomic E-state index is 14.2. The Kier molecular flexibility index (Phi) is 5.69. The van der Waals surface area contributed by atoms with Gasteiger partial charge in [-0.1, -0.05) is 23.4 Å². The van der Waals surface area contributed by atoms with Gasteiger partial charge in [-0.15, -0.1) is 0 Å². The van der Waals surface area contributed by atoms with Gasteiger partial charge in [0.15, 0.2) is 11.6 Å². The number of carbonyl (C=O) groups is 1. The van der Waals surface area contributed by atoms with Gasteiger partial charge in [0.2, 0.25) is 5.82 Å².